The highest BCUT2D eigenvalue weighted by Crippen LogP contribution is 2.32. The highest BCUT2D eigenvalue weighted by molar-refractivity contribution is 6.30. The molecule has 300 valence electrons. The highest BCUT2D eigenvalue weighted by Gasteiger charge is 2.32. The fraction of sp³-hybridized carbons (Fsp3) is 0.543. The van der Waals surface area contributed by atoms with Gasteiger partial charge in [0.05, 0.1) is 30.2 Å². The number of hydrogen-bond donors (Lipinski definition) is 4. The van der Waals surface area contributed by atoms with Crippen LogP contribution in [0, 0.1) is 5.92 Å². The smallest absolute Gasteiger partial charge is 0.415 e. The second-order valence-electron chi connectivity index (χ2n) is 15.2. The Labute approximate surface area is 327 Å². The summed E-state index contributed by atoms with van der Waals surface area (Å²) in [5, 5.41) is 35.8. The van der Waals surface area contributed by atoms with E-state index < -0.39 is 35.5 Å². The van der Waals surface area contributed by atoms with E-state index in [-0.39, 0.29) is 63.2 Å². The van der Waals surface area contributed by atoms with Gasteiger partial charge in [-0.1, -0.05) is 23.2 Å². The molecule has 0 saturated heterocycles. The monoisotopic (exact) mass is 807 g/mol. The van der Waals surface area contributed by atoms with Crippen molar-refractivity contribution in [2.24, 2.45) is 11.7 Å². The molecule has 0 aromatic carbocycles. The third kappa shape index (κ3) is 10.8. The van der Waals surface area contributed by atoms with Crippen LogP contribution in [-0.2, 0) is 9.47 Å². The molecule has 0 radical (unpaired) electrons. The molecule has 2 fully saturated rings. The van der Waals surface area contributed by atoms with Crippen molar-refractivity contribution in [1.82, 2.24) is 29.2 Å². The number of hydrogen-bond acceptors (Lipinski definition) is 13. The number of aromatic carboxylic acids is 1. The molecule has 2 saturated carbocycles. The molecule has 4 atom stereocenters. The van der Waals surface area contributed by atoms with Crippen molar-refractivity contribution < 1.29 is 44.0 Å². The number of anilines is 2. The van der Waals surface area contributed by atoms with E-state index in [1.807, 2.05) is 0 Å². The molecule has 55 heavy (non-hydrogen) atoms. The van der Waals surface area contributed by atoms with Gasteiger partial charge in [-0.15, -0.1) is 0 Å². The Morgan fingerprint density at radius 3 is 1.53 bits per heavy atom. The van der Waals surface area contributed by atoms with Gasteiger partial charge in [-0.05, 0) is 73.1 Å². The zero-order valence-electron chi connectivity index (χ0n) is 31.9. The number of ether oxygens (including phenoxy) is 2. The molecular weight excluding hydrogens is 761 g/mol. The van der Waals surface area contributed by atoms with E-state index in [9.17, 15) is 24.3 Å². The first kappa shape index (κ1) is 43.1. The Bertz CT molecular complexity index is 2050. The number of fused-ring (bicyclic) bond motifs is 2. The van der Waals surface area contributed by atoms with Crippen molar-refractivity contribution >= 4 is 70.1 Å². The second-order valence-corrected chi connectivity index (χ2v) is 16.0. The molecule has 2 aliphatic rings. The van der Waals surface area contributed by atoms with E-state index in [0.29, 0.717) is 11.4 Å². The van der Waals surface area contributed by atoms with Crippen molar-refractivity contribution in [3.8, 4) is 0 Å². The van der Waals surface area contributed by atoms with Crippen LogP contribution >= 0.6 is 23.2 Å². The lowest BCUT2D eigenvalue weighted by molar-refractivity contribution is 0.0199. The van der Waals surface area contributed by atoms with Crippen LogP contribution in [0.5, 0.6) is 0 Å². The third-order valence-corrected chi connectivity index (χ3v) is 8.90. The maximum absolute atomic E-state index is 12.6. The minimum atomic E-state index is -1.18. The predicted octanol–water partition coefficient (Wildman–Crippen LogP) is 5.02. The van der Waals surface area contributed by atoms with Gasteiger partial charge < -0.3 is 30.5 Å². The number of rotatable bonds is 6. The zero-order chi connectivity index (χ0) is 41.2. The molecule has 5 N–H and O–H groups in total. The summed E-state index contributed by atoms with van der Waals surface area (Å²) in [5.74, 6) is -0.792. The van der Waals surface area contributed by atoms with Gasteiger partial charge in [-0.2, -0.15) is 19.2 Å². The van der Waals surface area contributed by atoms with Crippen LogP contribution in [0.15, 0.2) is 24.5 Å². The Morgan fingerprint density at radius 2 is 1.20 bits per heavy atom. The van der Waals surface area contributed by atoms with Crippen molar-refractivity contribution in [1.29, 1.82) is 0 Å². The van der Waals surface area contributed by atoms with Crippen LogP contribution < -0.4 is 15.5 Å². The minimum Gasteiger partial charge on any atom is -0.477 e. The van der Waals surface area contributed by atoms with Crippen LogP contribution in [0.4, 0.5) is 21.2 Å². The number of halogens is 2. The number of carboxylic acids is 1. The van der Waals surface area contributed by atoms with Crippen molar-refractivity contribution in [2.45, 2.75) is 103 Å². The lowest BCUT2D eigenvalue weighted by Crippen LogP contribution is -2.43. The van der Waals surface area contributed by atoms with E-state index in [1.165, 1.54) is 51.3 Å². The molecule has 18 nitrogen and oxygen atoms in total. The Morgan fingerprint density at radius 1 is 0.782 bits per heavy atom. The number of ketones is 1. The molecule has 4 heterocycles. The summed E-state index contributed by atoms with van der Waals surface area (Å²) in [6.07, 6.45) is 4.43. The van der Waals surface area contributed by atoms with Crippen LogP contribution in [0.1, 0.15) is 94.4 Å². The van der Waals surface area contributed by atoms with Gasteiger partial charge in [0.25, 0.3) is 0 Å². The highest BCUT2D eigenvalue weighted by atomic mass is 35.5. The van der Waals surface area contributed by atoms with Gasteiger partial charge in [0.2, 0.25) is 0 Å². The van der Waals surface area contributed by atoms with E-state index in [0.717, 1.165) is 31.9 Å². The maximum Gasteiger partial charge on any atom is 0.415 e. The molecule has 20 heteroatoms. The van der Waals surface area contributed by atoms with Crippen molar-refractivity contribution in [3.63, 3.8) is 0 Å². The number of Topliss-reactive ketones (excluding diaryl/α,β-unsaturated/α-hetero) is 1. The van der Waals surface area contributed by atoms with Gasteiger partial charge in [-0.3, -0.25) is 14.6 Å². The van der Waals surface area contributed by atoms with E-state index in [2.05, 4.69) is 20.2 Å². The predicted molar refractivity (Wildman–Crippen MR) is 203 cm³/mol. The molecule has 1 unspecified atom stereocenters. The van der Waals surface area contributed by atoms with Gasteiger partial charge in [-0.25, -0.2) is 24.4 Å². The van der Waals surface area contributed by atoms with Crippen LogP contribution in [0.2, 0.25) is 10.3 Å². The van der Waals surface area contributed by atoms with Crippen molar-refractivity contribution in [3.05, 3.63) is 46.0 Å². The number of nitrogens with two attached hydrogens (primary N) is 1. The van der Waals surface area contributed by atoms with E-state index in [1.54, 1.807) is 41.5 Å². The quantitative estimate of drug-likeness (QED) is 0.148. The number of carbonyl (C=O) groups is 4. The number of amides is 2. The van der Waals surface area contributed by atoms with Gasteiger partial charge in [0.15, 0.2) is 17.1 Å². The number of carbonyl (C=O) groups excluding carboxylic acids is 3. The van der Waals surface area contributed by atoms with Gasteiger partial charge >= 0.3 is 18.2 Å². The van der Waals surface area contributed by atoms with Crippen molar-refractivity contribution in [2.75, 3.05) is 23.9 Å². The normalized spacial score (nSPS) is 19.1. The lowest BCUT2D eigenvalue weighted by atomic mass is 9.78. The van der Waals surface area contributed by atoms with E-state index in [4.69, 9.17) is 48.6 Å². The first-order valence-electron chi connectivity index (χ1n) is 17.4. The maximum atomic E-state index is 12.6. The minimum absolute atomic E-state index is 0.0319. The summed E-state index contributed by atoms with van der Waals surface area (Å²) in [6.45, 7) is 10.5. The molecule has 0 aliphatic heterocycles. The topological polar surface area (TPSA) is 240 Å². The second kappa shape index (κ2) is 17.0. The summed E-state index contributed by atoms with van der Waals surface area (Å²) >= 11 is 12.0. The Hall–Kier alpha value is -4.62. The fourth-order valence-corrected chi connectivity index (χ4v) is 5.51. The molecule has 2 amide bonds. The Kier molecular flexibility index (Phi) is 13.3. The van der Waals surface area contributed by atoms with Gasteiger partial charge in [0.1, 0.15) is 38.7 Å². The molecule has 2 aliphatic carbocycles. The average molecular weight is 809 g/mol. The molecule has 4 aromatic heterocycles. The summed E-state index contributed by atoms with van der Waals surface area (Å²) in [4.78, 5) is 58.9. The number of aliphatic hydroxyl groups excluding tert-OH is 2. The van der Waals surface area contributed by atoms with Crippen LogP contribution in [0.3, 0.4) is 0 Å². The number of aromatic nitrogens is 6. The number of aliphatic hydroxyl groups is 2. The SMILES string of the molecule is CN(C(=O)OC(C)(C)C)c1cc(Cl)nc2c(C(=O)CC3CC[C@H]3O)cnn12.CN(C(=O)OC(C)(C)C)c1cc(Cl)nc2c(C(=O)O)cnn12.N[C@@H]1CC[C@H]1O. The molecule has 0 spiro atoms. The summed E-state index contributed by atoms with van der Waals surface area (Å²) in [5.41, 5.74) is 4.47. The zero-order valence-corrected chi connectivity index (χ0v) is 33.4. The largest absolute Gasteiger partial charge is 0.477 e. The standard InChI is InChI=1S/C18H23ClN4O4.C13H15ClN4O4.C4H9NO/c1-18(2,3)27-17(26)22(4)15-8-14(19)21-16-11(9-20-23(15)16)13(25)7-10-5-6-12(10)24;1-13(2,3)22-12(21)17(4)9-5-8(14)16-10-7(11(19)20)6-15-18(9)10;5-3-1-2-4(3)6/h8-10,12,24H,5-7H2,1-4H3;5-6H,1-4H3,(H,19,20);3-4,6H,1-2,5H2/t10?,12-;;3-,4-/m1.1/s1. The summed E-state index contributed by atoms with van der Waals surface area (Å²) in [7, 11) is 3.01. The first-order valence-corrected chi connectivity index (χ1v) is 18.1. The lowest BCUT2D eigenvalue weighted by Gasteiger charge is -2.31. The number of nitrogens with zero attached hydrogens (tertiary/aromatic N) is 8. The fourth-order valence-electron chi connectivity index (χ4n) is 5.16. The summed E-state index contributed by atoms with van der Waals surface area (Å²) in [6, 6.07) is 2.97. The van der Waals surface area contributed by atoms with Crippen LogP contribution in [0.25, 0.3) is 11.3 Å². The van der Waals surface area contributed by atoms with Crippen LogP contribution in [-0.4, -0.2) is 112 Å². The average Bonchev–Trinajstić information content (AvgIpc) is 3.71. The summed E-state index contributed by atoms with van der Waals surface area (Å²) < 4.78 is 13.2. The number of carboxylic acid groups (broad SMARTS) is 1. The third-order valence-electron chi connectivity index (χ3n) is 8.51. The molecule has 0 bridgehead atoms. The van der Waals surface area contributed by atoms with E-state index >= 15 is 0 Å². The molecule has 4 aromatic rings. The first-order chi connectivity index (χ1) is 25.5. The molecule has 6 rings (SSSR count). The Balaban J connectivity index is 0.000000215. The molecular formula is C35H47Cl2N9O9. The van der Waals surface area contributed by atoms with Gasteiger partial charge in [0, 0.05) is 38.7 Å².